The van der Waals surface area contributed by atoms with Crippen LogP contribution in [0.15, 0.2) is 23.2 Å². The van der Waals surface area contributed by atoms with Crippen molar-refractivity contribution in [2.75, 3.05) is 13.1 Å². The molecule has 1 aromatic heterocycles. The van der Waals surface area contributed by atoms with Crippen LogP contribution in [-0.2, 0) is 10.0 Å². The quantitative estimate of drug-likeness (QED) is 0.700. The number of sulfonamides is 1. The summed E-state index contributed by atoms with van der Waals surface area (Å²) < 4.78 is 68.6. The van der Waals surface area contributed by atoms with Crippen LogP contribution in [0.1, 0.15) is 30.3 Å². The number of halogens is 3. The zero-order valence-corrected chi connectivity index (χ0v) is 16.8. The Labute approximate surface area is 170 Å². The van der Waals surface area contributed by atoms with Crippen LogP contribution in [-0.4, -0.2) is 53.8 Å². The number of likely N-dealkylation sites (tertiary alicyclic amines) is 1. The molecule has 30 heavy (non-hydrogen) atoms. The summed E-state index contributed by atoms with van der Waals surface area (Å²) in [7, 11) is -4.43. The molecule has 0 spiro atoms. The number of nitrogens with one attached hydrogen (secondary N) is 2. The van der Waals surface area contributed by atoms with Gasteiger partial charge in [-0.05, 0) is 36.7 Å². The van der Waals surface area contributed by atoms with E-state index in [9.17, 15) is 26.4 Å². The minimum atomic E-state index is -4.43. The van der Waals surface area contributed by atoms with Crippen molar-refractivity contribution in [3.63, 3.8) is 0 Å². The molecule has 0 radical (unpaired) electrons. The van der Waals surface area contributed by atoms with E-state index in [0.29, 0.717) is 32.0 Å². The van der Waals surface area contributed by atoms with Gasteiger partial charge in [0.05, 0.1) is 6.20 Å². The van der Waals surface area contributed by atoms with Crippen LogP contribution in [0.4, 0.5) is 13.2 Å². The predicted molar refractivity (Wildman–Crippen MR) is 98.1 cm³/mol. The van der Waals surface area contributed by atoms with Crippen molar-refractivity contribution < 1.29 is 26.4 Å². The number of amides is 1. The van der Waals surface area contributed by atoms with E-state index in [1.54, 1.807) is 4.90 Å². The van der Waals surface area contributed by atoms with Crippen molar-refractivity contribution in [2.24, 2.45) is 17.8 Å². The van der Waals surface area contributed by atoms with Gasteiger partial charge in [-0.15, -0.1) is 0 Å². The largest absolute Gasteiger partial charge is 0.337 e. The second-order valence-electron chi connectivity index (χ2n) is 7.87. The van der Waals surface area contributed by atoms with E-state index in [-0.39, 0.29) is 35.4 Å². The highest BCUT2D eigenvalue weighted by Crippen LogP contribution is 2.41. The molecule has 2 aliphatic rings. The average molecular weight is 443 g/mol. The highest BCUT2D eigenvalue weighted by Gasteiger charge is 2.46. The molecule has 0 unspecified atom stereocenters. The molecule has 1 saturated carbocycles. The molecule has 1 amide bonds. The Balaban J connectivity index is 1.56. The first kappa shape index (κ1) is 20.8. The second kappa shape index (κ2) is 7.65. The van der Waals surface area contributed by atoms with Crippen LogP contribution in [0, 0.1) is 35.2 Å². The summed E-state index contributed by atoms with van der Waals surface area (Å²) in [5.74, 6) is -4.49. The number of benzene rings is 1. The van der Waals surface area contributed by atoms with Gasteiger partial charge in [0.25, 0.3) is 5.91 Å². The molecule has 1 aliphatic carbocycles. The first-order valence-electron chi connectivity index (χ1n) is 9.49. The molecular weight excluding hydrogens is 423 g/mol. The highest BCUT2D eigenvalue weighted by atomic mass is 32.2. The Morgan fingerprint density at radius 2 is 1.83 bits per heavy atom. The third-order valence-corrected chi connectivity index (χ3v) is 7.59. The van der Waals surface area contributed by atoms with Crippen molar-refractivity contribution in [3.05, 3.63) is 41.5 Å². The van der Waals surface area contributed by atoms with E-state index in [1.807, 2.05) is 6.92 Å². The van der Waals surface area contributed by atoms with E-state index in [4.69, 9.17) is 0 Å². The molecule has 2 fully saturated rings. The van der Waals surface area contributed by atoms with Crippen LogP contribution in [0.3, 0.4) is 0 Å². The molecule has 8 nitrogen and oxygen atoms in total. The third-order valence-electron chi connectivity index (χ3n) is 6.09. The lowest BCUT2D eigenvalue weighted by molar-refractivity contribution is 0.0776. The SMILES string of the molecule is C[C@@H]1CC[C@H](NS(=O)(=O)c2cc(F)c(F)cc2F)[C@@H]2CN(C(=O)c3cn[nH]n3)C[C@@H]21. The molecule has 1 aromatic carbocycles. The standard InChI is InChI=1S/C18H20F3N5O3S/c1-9-2-3-15(24-30(28,29)17-5-13(20)12(19)4-14(17)21)11-8-26(7-10(9)11)18(27)16-6-22-25-23-16/h4-6,9-11,15,24H,2-3,7-8H2,1H3,(H,22,23,25)/t9-,10-,11-,15+/m1/s1. The summed E-state index contributed by atoms with van der Waals surface area (Å²) in [5, 5.41) is 9.81. The van der Waals surface area contributed by atoms with Gasteiger partial charge in [-0.1, -0.05) is 6.92 Å². The maximum absolute atomic E-state index is 14.0. The first-order valence-corrected chi connectivity index (χ1v) is 11.0. The molecule has 1 saturated heterocycles. The smallest absolute Gasteiger partial charge is 0.276 e. The van der Waals surface area contributed by atoms with Crippen LogP contribution < -0.4 is 4.72 Å². The van der Waals surface area contributed by atoms with Gasteiger partial charge in [0.15, 0.2) is 17.3 Å². The number of hydrogen-bond donors (Lipinski definition) is 2. The van der Waals surface area contributed by atoms with Gasteiger partial charge in [0.2, 0.25) is 10.0 Å². The molecule has 1 aliphatic heterocycles. The van der Waals surface area contributed by atoms with Crippen LogP contribution in [0.5, 0.6) is 0 Å². The van der Waals surface area contributed by atoms with E-state index in [0.717, 1.165) is 0 Å². The van der Waals surface area contributed by atoms with Gasteiger partial charge in [0, 0.05) is 25.2 Å². The van der Waals surface area contributed by atoms with Crippen LogP contribution >= 0.6 is 0 Å². The highest BCUT2D eigenvalue weighted by molar-refractivity contribution is 7.89. The van der Waals surface area contributed by atoms with E-state index in [1.165, 1.54) is 6.20 Å². The number of H-pyrrole nitrogens is 1. The topological polar surface area (TPSA) is 108 Å². The Bertz CT molecular complexity index is 1060. The van der Waals surface area contributed by atoms with Crippen LogP contribution in [0.25, 0.3) is 0 Å². The van der Waals surface area contributed by atoms with E-state index >= 15 is 0 Å². The maximum atomic E-state index is 14.0. The summed E-state index contributed by atoms with van der Waals surface area (Å²) in [4.78, 5) is 13.3. The zero-order chi connectivity index (χ0) is 21.6. The molecule has 2 N–H and O–H groups in total. The van der Waals surface area contributed by atoms with Crippen molar-refractivity contribution in [1.29, 1.82) is 0 Å². The summed E-state index contributed by atoms with van der Waals surface area (Å²) >= 11 is 0. The van der Waals surface area contributed by atoms with Crippen LogP contribution in [0.2, 0.25) is 0 Å². The summed E-state index contributed by atoms with van der Waals surface area (Å²) in [6.45, 7) is 2.78. The number of rotatable bonds is 4. The Morgan fingerprint density at radius 1 is 1.13 bits per heavy atom. The fourth-order valence-electron chi connectivity index (χ4n) is 4.50. The summed E-state index contributed by atoms with van der Waals surface area (Å²) in [6, 6.07) is -0.0204. The Morgan fingerprint density at radius 3 is 2.53 bits per heavy atom. The van der Waals surface area contributed by atoms with Crippen molar-refractivity contribution in [3.8, 4) is 0 Å². The minimum Gasteiger partial charge on any atom is -0.337 e. The lowest BCUT2D eigenvalue weighted by atomic mass is 9.72. The molecule has 162 valence electrons. The average Bonchev–Trinajstić information content (AvgIpc) is 3.36. The molecular formula is C18H20F3N5O3S. The first-order chi connectivity index (χ1) is 14.2. The number of carbonyl (C=O) groups excluding carboxylic acids is 1. The van der Waals surface area contributed by atoms with E-state index < -0.39 is 38.4 Å². The number of aromatic nitrogens is 3. The lowest BCUT2D eigenvalue weighted by Gasteiger charge is -2.37. The Kier molecular flexibility index (Phi) is 5.30. The molecule has 4 atom stereocenters. The minimum absolute atomic E-state index is 0.0390. The van der Waals surface area contributed by atoms with Gasteiger partial charge in [-0.3, -0.25) is 4.79 Å². The fraction of sp³-hybridized carbons (Fsp3) is 0.500. The molecule has 0 bridgehead atoms. The normalized spacial score (nSPS) is 26.6. The lowest BCUT2D eigenvalue weighted by Crippen LogP contribution is -2.47. The summed E-state index contributed by atoms with van der Waals surface area (Å²) in [5.41, 5.74) is 0.169. The zero-order valence-electron chi connectivity index (χ0n) is 16.0. The molecule has 12 heteroatoms. The van der Waals surface area contributed by atoms with Gasteiger partial charge < -0.3 is 4.90 Å². The maximum Gasteiger partial charge on any atom is 0.276 e. The van der Waals surface area contributed by atoms with Gasteiger partial charge in [-0.25, -0.2) is 26.3 Å². The van der Waals surface area contributed by atoms with E-state index in [2.05, 4.69) is 20.1 Å². The molecule has 2 heterocycles. The second-order valence-corrected chi connectivity index (χ2v) is 9.55. The van der Waals surface area contributed by atoms with Crippen molar-refractivity contribution in [1.82, 2.24) is 25.0 Å². The van der Waals surface area contributed by atoms with Crippen molar-refractivity contribution in [2.45, 2.75) is 30.7 Å². The Hall–Kier alpha value is -2.47. The fourth-order valence-corrected chi connectivity index (χ4v) is 5.90. The number of nitrogens with zero attached hydrogens (tertiary/aromatic N) is 3. The predicted octanol–water partition coefficient (Wildman–Crippen LogP) is 1.69. The van der Waals surface area contributed by atoms with Crippen molar-refractivity contribution >= 4 is 15.9 Å². The molecule has 2 aromatic rings. The number of hydrogen-bond acceptors (Lipinski definition) is 5. The number of aromatic amines is 1. The monoisotopic (exact) mass is 443 g/mol. The van der Waals surface area contributed by atoms with Gasteiger partial charge in [0.1, 0.15) is 10.7 Å². The number of fused-ring (bicyclic) bond motifs is 1. The number of carbonyl (C=O) groups is 1. The molecule has 4 rings (SSSR count). The summed E-state index contributed by atoms with van der Waals surface area (Å²) in [6.07, 6.45) is 2.51. The van der Waals surface area contributed by atoms with Gasteiger partial charge >= 0.3 is 0 Å². The third kappa shape index (κ3) is 3.69. The van der Waals surface area contributed by atoms with Gasteiger partial charge in [-0.2, -0.15) is 15.4 Å².